The van der Waals surface area contributed by atoms with E-state index in [0.29, 0.717) is 42.1 Å². The number of nitrogens with zero attached hydrogens (tertiary/aromatic N) is 2. The van der Waals surface area contributed by atoms with Crippen molar-refractivity contribution in [1.82, 2.24) is 9.88 Å². The highest BCUT2D eigenvalue weighted by molar-refractivity contribution is 7.85. The van der Waals surface area contributed by atoms with Crippen LogP contribution in [0.4, 0.5) is 0 Å². The molecular weight excluding hydrogens is 276 g/mol. The van der Waals surface area contributed by atoms with Gasteiger partial charge in [-0.1, -0.05) is 11.8 Å². The lowest BCUT2D eigenvalue weighted by Crippen LogP contribution is -2.41. The van der Waals surface area contributed by atoms with Gasteiger partial charge in [0, 0.05) is 59.8 Å². The summed E-state index contributed by atoms with van der Waals surface area (Å²) in [6.07, 6.45) is 3.51. The number of rotatable bonds is 2. The molecule has 2 heterocycles. The van der Waals surface area contributed by atoms with Gasteiger partial charge in [-0.2, -0.15) is 0 Å². The van der Waals surface area contributed by atoms with Crippen LogP contribution in [0.1, 0.15) is 22.3 Å². The molecule has 1 aliphatic rings. The van der Waals surface area contributed by atoms with Crippen LogP contribution in [0.3, 0.4) is 0 Å². The second kappa shape index (κ2) is 7.17. The Morgan fingerprint density at radius 2 is 2.15 bits per heavy atom. The summed E-state index contributed by atoms with van der Waals surface area (Å²) in [6, 6.07) is 1.70. The number of aliphatic hydroxyl groups is 1. The highest BCUT2D eigenvalue weighted by Gasteiger charge is 2.21. The smallest absolute Gasteiger partial charge is 0.255 e. The molecule has 1 fully saturated rings. The second-order valence-electron chi connectivity index (χ2n) is 4.38. The van der Waals surface area contributed by atoms with Crippen molar-refractivity contribution in [1.29, 1.82) is 0 Å². The van der Waals surface area contributed by atoms with Crippen LogP contribution in [0, 0.1) is 11.8 Å². The van der Waals surface area contributed by atoms with Crippen molar-refractivity contribution >= 4 is 16.7 Å². The minimum Gasteiger partial charge on any atom is -0.395 e. The van der Waals surface area contributed by atoms with E-state index in [0.717, 1.165) is 0 Å². The van der Waals surface area contributed by atoms with Crippen LogP contribution < -0.4 is 0 Å². The first-order valence-corrected chi connectivity index (χ1v) is 7.88. The molecule has 0 bridgehead atoms. The third kappa shape index (κ3) is 3.89. The SMILES string of the molecule is O=C(c1cncc(C#CCCO)c1)N1CCS(=O)CC1. The van der Waals surface area contributed by atoms with Crippen molar-refractivity contribution in [2.75, 3.05) is 31.2 Å². The molecule has 1 aliphatic heterocycles. The van der Waals surface area contributed by atoms with Gasteiger partial charge in [0.05, 0.1) is 12.2 Å². The Morgan fingerprint density at radius 1 is 1.40 bits per heavy atom. The first-order chi connectivity index (χ1) is 9.70. The molecule has 2 rings (SSSR count). The lowest BCUT2D eigenvalue weighted by molar-refractivity contribution is 0.0771. The summed E-state index contributed by atoms with van der Waals surface area (Å²) in [5.74, 6) is 6.63. The summed E-state index contributed by atoms with van der Waals surface area (Å²) < 4.78 is 11.3. The summed E-state index contributed by atoms with van der Waals surface area (Å²) in [4.78, 5) is 18.0. The molecule has 0 aliphatic carbocycles. The van der Waals surface area contributed by atoms with Crippen LogP contribution in [0.2, 0.25) is 0 Å². The first-order valence-electron chi connectivity index (χ1n) is 6.40. The number of hydrogen-bond acceptors (Lipinski definition) is 4. The van der Waals surface area contributed by atoms with Gasteiger partial charge in [0.1, 0.15) is 0 Å². The topological polar surface area (TPSA) is 70.5 Å². The number of hydrogen-bond donors (Lipinski definition) is 1. The fraction of sp³-hybridized carbons (Fsp3) is 0.429. The van der Waals surface area contributed by atoms with E-state index >= 15 is 0 Å². The average Bonchev–Trinajstić information content (AvgIpc) is 2.48. The van der Waals surface area contributed by atoms with Crippen molar-refractivity contribution in [3.63, 3.8) is 0 Å². The fourth-order valence-electron chi connectivity index (χ4n) is 1.87. The molecule has 0 unspecified atom stereocenters. The highest BCUT2D eigenvalue weighted by atomic mass is 32.2. The number of amides is 1. The lowest BCUT2D eigenvalue weighted by atomic mass is 10.2. The van der Waals surface area contributed by atoms with Gasteiger partial charge in [-0.25, -0.2) is 0 Å². The molecule has 0 radical (unpaired) electrons. The molecule has 5 nitrogen and oxygen atoms in total. The number of carbonyl (C=O) groups excluding carboxylic acids is 1. The first kappa shape index (κ1) is 14.7. The highest BCUT2D eigenvalue weighted by Crippen LogP contribution is 2.09. The molecule has 0 saturated carbocycles. The van der Waals surface area contributed by atoms with E-state index in [-0.39, 0.29) is 12.5 Å². The van der Waals surface area contributed by atoms with Crippen LogP contribution in [0.15, 0.2) is 18.5 Å². The zero-order valence-corrected chi connectivity index (χ0v) is 11.9. The van der Waals surface area contributed by atoms with Gasteiger partial charge in [0.25, 0.3) is 5.91 Å². The van der Waals surface area contributed by atoms with Crippen molar-refractivity contribution in [2.24, 2.45) is 0 Å². The number of aromatic nitrogens is 1. The van der Waals surface area contributed by atoms with Crippen LogP contribution in [0.5, 0.6) is 0 Å². The molecule has 0 atom stereocenters. The zero-order chi connectivity index (χ0) is 14.4. The normalized spacial score (nSPS) is 15.6. The number of aliphatic hydroxyl groups excluding tert-OH is 1. The maximum atomic E-state index is 12.3. The summed E-state index contributed by atoms with van der Waals surface area (Å²) in [5.41, 5.74) is 1.15. The van der Waals surface area contributed by atoms with E-state index in [1.165, 1.54) is 6.20 Å². The maximum Gasteiger partial charge on any atom is 0.255 e. The molecule has 1 amide bonds. The predicted octanol–water partition coefficient (Wildman–Crippen LogP) is 0.0200. The van der Waals surface area contributed by atoms with Gasteiger partial charge in [-0.05, 0) is 6.07 Å². The maximum absolute atomic E-state index is 12.3. The Balaban J connectivity index is 2.09. The van der Waals surface area contributed by atoms with E-state index in [1.807, 2.05) is 0 Å². The summed E-state index contributed by atoms with van der Waals surface area (Å²) in [5, 5.41) is 8.67. The third-order valence-electron chi connectivity index (χ3n) is 2.92. The van der Waals surface area contributed by atoms with E-state index in [2.05, 4.69) is 16.8 Å². The van der Waals surface area contributed by atoms with Crippen LogP contribution in [-0.4, -0.2) is 56.3 Å². The van der Waals surface area contributed by atoms with Gasteiger partial charge < -0.3 is 10.0 Å². The summed E-state index contributed by atoms with van der Waals surface area (Å²) >= 11 is 0. The number of pyridine rings is 1. The van der Waals surface area contributed by atoms with E-state index in [1.54, 1.807) is 17.2 Å². The van der Waals surface area contributed by atoms with Crippen molar-refractivity contribution in [2.45, 2.75) is 6.42 Å². The minimum absolute atomic E-state index is 0.0178. The Hall–Kier alpha value is -1.71. The average molecular weight is 292 g/mol. The molecular formula is C14H16N2O3S. The molecule has 0 aromatic carbocycles. The lowest BCUT2D eigenvalue weighted by Gasteiger charge is -2.26. The Morgan fingerprint density at radius 3 is 2.85 bits per heavy atom. The molecule has 20 heavy (non-hydrogen) atoms. The van der Waals surface area contributed by atoms with Gasteiger partial charge in [0.2, 0.25) is 0 Å². The largest absolute Gasteiger partial charge is 0.395 e. The molecule has 106 valence electrons. The van der Waals surface area contributed by atoms with Crippen LogP contribution in [-0.2, 0) is 10.8 Å². The standard InChI is InChI=1S/C14H16N2O3S/c17-6-2-1-3-12-9-13(11-15-10-12)14(18)16-4-7-20(19)8-5-16/h9-11,17H,2,4-8H2. The molecule has 1 N–H and O–H groups in total. The van der Waals surface area contributed by atoms with Crippen LogP contribution in [0.25, 0.3) is 0 Å². The molecule has 0 spiro atoms. The van der Waals surface area contributed by atoms with Crippen molar-refractivity contribution in [3.05, 3.63) is 29.6 Å². The Kier molecular flexibility index (Phi) is 5.27. The molecule has 1 aromatic heterocycles. The van der Waals surface area contributed by atoms with Gasteiger partial charge in [-0.3, -0.25) is 14.0 Å². The van der Waals surface area contributed by atoms with Crippen molar-refractivity contribution in [3.8, 4) is 11.8 Å². The fourth-order valence-corrected chi connectivity index (χ4v) is 2.92. The third-order valence-corrected chi connectivity index (χ3v) is 4.20. The molecule has 1 aromatic rings. The minimum atomic E-state index is -0.799. The zero-order valence-electron chi connectivity index (χ0n) is 11.0. The summed E-state index contributed by atoms with van der Waals surface area (Å²) in [7, 11) is -0.799. The predicted molar refractivity (Wildman–Crippen MR) is 76.6 cm³/mol. The molecule has 1 saturated heterocycles. The van der Waals surface area contributed by atoms with Gasteiger partial charge in [-0.15, -0.1) is 0 Å². The van der Waals surface area contributed by atoms with E-state index in [4.69, 9.17) is 5.11 Å². The van der Waals surface area contributed by atoms with Gasteiger partial charge in [0.15, 0.2) is 0 Å². The Bertz CT molecular complexity index is 567. The Labute approximate surface area is 120 Å². The van der Waals surface area contributed by atoms with Gasteiger partial charge >= 0.3 is 0 Å². The second-order valence-corrected chi connectivity index (χ2v) is 6.07. The summed E-state index contributed by atoms with van der Waals surface area (Å²) in [6.45, 7) is 1.06. The van der Waals surface area contributed by atoms with Crippen LogP contribution >= 0.6 is 0 Å². The molecule has 6 heteroatoms. The van der Waals surface area contributed by atoms with Crippen molar-refractivity contribution < 1.29 is 14.1 Å². The quantitative estimate of drug-likeness (QED) is 0.780. The van der Waals surface area contributed by atoms with E-state index in [9.17, 15) is 9.00 Å². The number of carbonyl (C=O) groups is 1. The monoisotopic (exact) mass is 292 g/mol. The van der Waals surface area contributed by atoms with E-state index < -0.39 is 10.8 Å².